The van der Waals surface area contributed by atoms with Crippen molar-refractivity contribution in [1.82, 2.24) is 15.2 Å². The van der Waals surface area contributed by atoms with Gasteiger partial charge in [0.05, 0.1) is 0 Å². The predicted octanol–water partition coefficient (Wildman–Crippen LogP) is 4.42. The minimum atomic E-state index is -0.230. The van der Waals surface area contributed by atoms with Gasteiger partial charge in [0, 0.05) is 24.7 Å². The monoisotopic (exact) mass is 377 g/mol. The molecule has 1 N–H and O–H groups in total. The lowest BCUT2D eigenvalue weighted by molar-refractivity contribution is 0.0945. The van der Waals surface area contributed by atoms with E-state index in [1.807, 2.05) is 30.3 Å². The Hall–Kier alpha value is -2.92. The van der Waals surface area contributed by atoms with Gasteiger partial charge in [-0.2, -0.15) is 0 Å². The summed E-state index contributed by atoms with van der Waals surface area (Å²) >= 11 is 0. The van der Waals surface area contributed by atoms with Gasteiger partial charge in [0.1, 0.15) is 5.76 Å². The van der Waals surface area contributed by atoms with Crippen LogP contribution < -0.4 is 5.32 Å². The molecule has 1 heterocycles. The second-order valence-corrected chi connectivity index (χ2v) is 7.30. The Labute approximate surface area is 166 Å². The summed E-state index contributed by atoms with van der Waals surface area (Å²) in [6.07, 6.45) is 0. The Balaban J connectivity index is 1.61. The first-order chi connectivity index (χ1) is 13.4. The van der Waals surface area contributed by atoms with Gasteiger partial charge in [0.25, 0.3) is 5.91 Å². The molecule has 0 aliphatic carbocycles. The third-order valence-corrected chi connectivity index (χ3v) is 4.82. The summed E-state index contributed by atoms with van der Waals surface area (Å²) in [5.74, 6) is 0.748. The van der Waals surface area contributed by atoms with Crippen molar-refractivity contribution >= 4 is 5.91 Å². The summed E-state index contributed by atoms with van der Waals surface area (Å²) in [4.78, 5) is 19.2. The molecule has 0 aliphatic rings. The first-order valence-electron chi connectivity index (χ1n) is 9.53. The molecule has 5 heteroatoms. The summed E-state index contributed by atoms with van der Waals surface area (Å²) in [6.45, 7) is 7.48. The molecule has 0 atom stereocenters. The van der Waals surface area contributed by atoms with Crippen molar-refractivity contribution in [3.8, 4) is 11.5 Å². The molecule has 5 nitrogen and oxygen atoms in total. The number of rotatable bonds is 7. The number of nitrogens with zero attached hydrogens (tertiary/aromatic N) is 2. The predicted molar refractivity (Wildman–Crippen MR) is 111 cm³/mol. The molecule has 0 radical (unpaired) electrons. The Morgan fingerprint density at radius 2 is 1.71 bits per heavy atom. The van der Waals surface area contributed by atoms with Crippen LogP contribution >= 0.6 is 0 Å². The highest BCUT2D eigenvalue weighted by Gasteiger charge is 2.17. The van der Waals surface area contributed by atoms with E-state index in [4.69, 9.17) is 4.42 Å². The van der Waals surface area contributed by atoms with Crippen LogP contribution in [0.25, 0.3) is 11.5 Å². The van der Waals surface area contributed by atoms with Crippen LogP contribution in [0, 0.1) is 6.92 Å². The van der Waals surface area contributed by atoms with Gasteiger partial charge >= 0.3 is 0 Å². The van der Waals surface area contributed by atoms with Crippen LogP contribution in [-0.2, 0) is 13.1 Å². The second-order valence-electron chi connectivity index (χ2n) is 7.30. The van der Waals surface area contributed by atoms with Gasteiger partial charge in [0.2, 0.25) is 5.89 Å². The summed E-state index contributed by atoms with van der Waals surface area (Å²) < 4.78 is 5.67. The number of hydrogen-bond acceptors (Lipinski definition) is 4. The third-order valence-electron chi connectivity index (χ3n) is 4.82. The number of aromatic nitrogens is 1. The Morgan fingerprint density at radius 1 is 1.07 bits per heavy atom. The smallest absolute Gasteiger partial charge is 0.273 e. The Kier molecular flexibility index (Phi) is 6.26. The van der Waals surface area contributed by atoms with Gasteiger partial charge in [-0.3, -0.25) is 9.69 Å². The Morgan fingerprint density at radius 3 is 2.36 bits per heavy atom. The fraction of sp³-hybridized carbons (Fsp3) is 0.304. The molecule has 3 rings (SSSR count). The van der Waals surface area contributed by atoms with Crippen LogP contribution in [0.3, 0.4) is 0 Å². The summed E-state index contributed by atoms with van der Waals surface area (Å²) in [5.41, 5.74) is 3.49. The van der Waals surface area contributed by atoms with Crippen molar-refractivity contribution in [2.45, 2.75) is 39.9 Å². The van der Waals surface area contributed by atoms with Crippen LogP contribution in [0.1, 0.15) is 41.2 Å². The fourth-order valence-electron chi connectivity index (χ4n) is 2.81. The van der Waals surface area contributed by atoms with Crippen molar-refractivity contribution < 1.29 is 9.21 Å². The average Bonchev–Trinajstić information content (AvgIpc) is 3.09. The molecule has 0 spiro atoms. The van der Waals surface area contributed by atoms with Gasteiger partial charge < -0.3 is 9.73 Å². The number of amides is 1. The van der Waals surface area contributed by atoms with E-state index in [-0.39, 0.29) is 5.91 Å². The van der Waals surface area contributed by atoms with E-state index in [1.165, 1.54) is 5.56 Å². The second kappa shape index (κ2) is 8.85. The largest absolute Gasteiger partial charge is 0.441 e. The normalized spacial score (nSPS) is 11.2. The maximum Gasteiger partial charge on any atom is 0.273 e. The number of carbonyl (C=O) groups is 1. The van der Waals surface area contributed by atoms with E-state index < -0.39 is 0 Å². The minimum Gasteiger partial charge on any atom is -0.441 e. The molecule has 0 saturated carbocycles. The highest BCUT2D eigenvalue weighted by atomic mass is 16.4. The molecule has 0 saturated heterocycles. The molecule has 0 fully saturated rings. The maximum atomic E-state index is 12.5. The lowest BCUT2D eigenvalue weighted by atomic mass is 10.1. The number of benzene rings is 2. The highest BCUT2D eigenvalue weighted by molar-refractivity contribution is 5.93. The van der Waals surface area contributed by atoms with Crippen molar-refractivity contribution in [2.75, 3.05) is 7.05 Å². The molecular weight excluding hydrogens is 350 g/mol. The summed E-state index contributed by atoms with van der Waals surface area (Å²) in [5, 5.41) is 2.93. The van der Waals surface area contributed by atoms with E-state index in [9.17, 15) is 4.79 Å². The summed E-state index contributed by atoms with van der Waals surface area (Å²) in [6, 6.07) is 18.4. The van der Waals surface area contributed by atoms with Crippen LogP contribution in [0.15, 0.2) is 59.0 Å². The van der Waals surface area contributed by atoms with Gasteiger partial charge in [-0.1, -0.05) is 42.5 Å². The lowest BCUT2D eigenvalue weighted by Gasteiger charge is -2.21. The first kappa shape index (κ1) is 19.8. The van der Waals surface area contributed by atoms with Crippen LogP contribution in [0.2, 0.25) is 0 Å². The topological polar surface area (TPSA) is 58.4 Å². The molecule has 0 bridgehead atoms. The molecule has 2 aromatic carbocycles. The minimum absolute atomic E-state index is 0.230. The van der Waals surface area contributed by atoms with Crippen LogP contribution in [-0.4, -0.2) is 28.9 Å². The quantitative estimate of drug-likeness (QED) is 0.662. The zero-order valence-electron chi connectivity index (χ0n) is 16.9. The highest BCUT2D eigenvalue weighted by Crippen LogP contribution is 2.21. The number of hydrogen-bond donors (Lipinski definition) is 1. The van der Waals surface area contributed by atoms with Crippen molar-refractivity contribution in [1.29, 1.82) is 0 Å². The molecule has 0 aliphatic heterocycles. The van der Waals surface area contributed by atoms with Gasteiger partial charge in [-0.25, -0.2) is 4.98 Å². The van der Waals surface area contributed by atoms with E-state index in [0.717, 1.165) is 17.7 Å². The number of carbonyl (C=O) groups excluding carboxylic acids is 1. The van der Waals surface area contributed by atoms with Crippen molar-refractivity contribution in [2.24, 2.45) is 0 Å². The van der Waals surface area contributed by atoms with E-state index in [2.05, 4.69) is 60.4 Å². The Bertz CT molecular complexity index is 915. The van der Waals surface area contributed by atoms with Crippen molar-refractivity contribution in [3.63, 3.8) is 0 Å². The molecule has 28 heavy (non-hydrogen) atoms. The molecular formula is C23H27N3O2. The van der Waals surface area contributed by atoms with Crippen LogP contribution in [0.5, 0.6) is 0 Å². The van der Waals surface area contributed by atoms with Gasteiger partial charge in [-0.15, -0.1) is 0 Å². The summed E-state index contributed by atoms with van der Waals surface area (Å²) in [7, 11) is 2.11. The lowest BCUT2D eigenvalue weighted by Crippen LogP contribution is -2.25. The van der Waals surface area contributed by atoms with Crippen molar-refractivity contribution in [3.05, 3.63) is 77.2 Å². The number of oxazole rings is 1. The van der Waals surface area contributed by atoms with Crippen LogP contribution in [0.4, 0.5) is 0 Å². The van der Waals surface area contributed by atoms with Gasteiger partial charge in [-0.05, 0) is 51.1 Å². The van der Waals surface area contributed by atoms with Gasteiger partial charge in [0.15, 0.2) is 5.69 Å². The molecule has 0 unspecified atom stereocenters. The van der Waals surface area contributed by atoms with E-state index in [1.54, 1.807) is 6.92 Å². The molecule has 1 aromatic heterocycles. The van der Waals surface area contributed by atoms with E-state index >= 15 is 0 Å². The standard InChI is InChI=1S/C23H27N3O2/c1-16(2)26(4)15-19-12-10-18(11-13-19)14-24-22(27)21-17(3)28-23(25-21)20-8-6-5-7-9-20/h5-13,16H,14-15H2,1-4H3,(H,24,27). The fourth-order valence-corrected chi connectivity index (χ4v) is 2.81. The number of nitrogens with one attached hydrogen (secondary N) is 1. The van der Waals surface area contributed by atoms with E-state index in [0.29, 0.717) is 29.9 Å². The molecule has 1 amide bonds. The third kappa shape index (κ3) is 4.87. The first-order valence-corrected chi connectivity index (χ1v) is 9.53. The SMILES string of the molecule is Cc1oc(-c2ccccc2)nc1C(=O)NCc1ccc(CN(C)C(C)C)cc1. The molecule has 3 aromatic rings. The maximum absolute atomic E-state index is 12.5. The zero-order valence-corrected chi connectivity index (χ0v) is 16.9. The molecule has 146 valence electrons. The zero-order chi connectivity index (χ0) is 20.1. The average molecular weight is 377 g/mol. The number of aryl methyl sites for hydroxylation is 1.